The molecular formula is C15H23ClN2OS. The fourth-order valence-electron chi connectivity index (χ4n) is 1.62. The van der Waals surface area contributed by atoms with Crippen molar-refractivity contribution >= 4 is 40.6 Å². The SMILES string of the molecule is CC(C)CCSCCCC(=O)Nc1ccc(Cl)cc1N. The van der Waals surface area contributed by atoms with Gasteiger partial charge in [-0.25, -0.2) is 0 Å². The third-order valence-electron chi connectivity index (χ3n) is 2.82. The number of amides is 1. The zero-order valence-electron chi connectivity index (χ0n) is 12.1. The predicted octanol–water partition coefficient (Wildman–Crippen LogP) is 4.42. The summed E-state index contributed by atoms with van der Waals surface area (Å²) in [6, 6.07) is 5.08. The Kier molecular flexibility index (Phi) is 7.85. The van der Waals surface area contributed by atoms with Gasteiger partial charge in [0.1, 0.15) is 0 Å². The maximum Gasteiger partial charge on any atom is 0.224 e. The summed E-state index contributed by atoms with van der Waals surface area (Å²) in [5.41, 5.74) is 6.92. The number of thioether (sulfide) groups is 1. The zero-order chi connectivity index (χ0) is 15.0. The van der Waals surface area contributed by atoms with Crippen molar-refractivity contribution in [1.82, 2.24) is 0 Å². The molecule has 0 aliphatic rings. The highest BCUT2D eigenvalue weighted by molar-refractivity contribution is 7.99. The average molecular weight is 315 g/mol. The van der Waals surface area contributed by atoms with Gasteiger partial charge in [0.15, 0.2) is 0 Å². The number of halogens is 1. The van der Waals surface area contributed by atoms with E-state index in [1.54, 1.807) is 18.2 Å². The van der Waals surface area contributed by atoms with Crippen LogP contribution in [0.1, 0.15) is 33.1 Å². The molecule has 0 aliphatic heterocycles. The van der Waals surface area contributed by atoms with Crippen LogP contribution in [0.25, 0.3) is 0 Å². The van der Waals surface area contributed by atoms with E-state index in [-0.39, 0.29) is 5.91 Å². The van der Waals surface area contributed by atoms with Gasteiger partial charge in [0.05, 0.1) is 11.4 Å². The van der Waals surface area contributed by atoms with Gasteiger partial charge < -0.3 is 11.1 Å². The Morgan fingerprint density at radius 2 is 2.15 bits per heavy atom. The normalized spacial score (nSPS) is 10.8. The first-order chi connectivity index (χ1) is 9.49. The monoisotopic (exact) mass is 314 g/mol. The summed E-state index contributed by atoms with van der Waals surface area (Å²) in [5.74, 6) is 2.95. The van der Waals surface area contributed by atoms with Gasteiger partial charge >= 0.3 is 0 Å². The number of carbonyl (C=O) groups is 1. The molecular weight excluding hydrogens is 292 g/mol. The molecule has 3 N–H and O–H groups in total. The van der Waals surface area contributed by atoms with Crippen LogP contribution in [0.5, 0.6) is 0 Å². The van der Waals surface area contributed by atoms with Gasteiger partial charge in [0, 0.05) is 11.4 Å². The molecule has 0 bridgehead atoms. The summed E-state index contributed by atoms with van der Waals surface area (Å²) in [7, 11) is 0. The van der Waals surface area contributed by atoms with Crippen LogP contribution in [0.2, 0.25) is 5.02 Å². The number of rotatable bonds is 8. The van der Waals surface area contributed by atoms with Crippen molar-refractivity contribution in [2.45, 2.75) is 33.1 Å². The number of hydrogen-bond acceptors (Lipinski definition) is 3. The van der Waals surface area contributed by atoms with Crippen LogP contribution in [0.3, 0.4) is 0 Å². The molecule has 5 heteroatoms. The minimum Gasteiger partial charge on any atom is -0.397 e. The maximum absolute atomic E-state index is 11.8. The van der Waals surface area contributed by atoms with E-state index in [1.807, 2.05) is 11.8 Å². The quantitative estimate of drug-likeness (QED) is 0.551. The van der Waals surface area contributed by atoms with Gasteiger partial charge in [0.25, 0.3) is 0 Å². The largest absolute Gasteiger partial charge is 0.397 e. The molecule has 0 radical (unpaired) electrons. The Bertz CT molecular complexity index is 438. The minimum absolute atomic E-state index is 0.00322. The molecule has 20 heavy (non-hydrogen) atoms. The number of nitrogen functional groups attached to an aromatic ring is 1. The zero-order valence-corrected chi connectivity index (χ0v) is 13.7. The van der Waals surface area contributed by atoms with E-state index in [2.05, 4.69) is 19.2 Å². The van der Waals surface area contributed by atoms with Crippen LogP contribution < -0.4 is 11.1 Å². The highest BCUT2D eigenvalue weighted by Crippen LogP contribution is 2.22. The van der Waals surface area contributed by atoms with E-state index in [1.165, 1.54) is 12.2 Å². The van der Waals surface area contributed by atoms with Gasteiger partial charge in [-0.15, -0.1) is 0 Å². The molecule has 3 nitrogen and oxygen atoms in total. The van der Waals surface area contributed by atoms with Crippen molar-refractivity contribution in [3.8, 4) is 0 Å². The fourth-order valence-corrected chi connectivity index (χ4v) is 2.99. The minimum atomic E-state index is 0.00322. The molecule has 1 aromatic carbocycles. The molecule has 0 unspecified atom stereocenters. The Labute approximate surface area is 130 Å². The van der Waals surface area contributed by atoms with E-state index in [9.17, 15) is 4.79 Å². The van der Waals surface area contributed by atoms with E-state index in [4.69, 9.17) is 17.3 Å². The van der Waals surface area contributed by atoms with Crippen LogP contribution in [0.4, 0.5) is 11.4 Å². The molecule has 1 rings (SSSR count). The second kappa shape index (κ2) is 9.14. The van der Waals surface area contributed by atoms with Crippen LogP contribution in [0.15, 0.2) is 18.2 Å². The first kappa shape index (κ1) is 17.2. The van der Waals surface area contributed by atoms with Gasteiger partial charge in [-0.2, -0.15) is 11.8 Å². The first-order valence-corrected chi connectivity index (χ1v) is 8.45. The van der Waals surface area contributed by atoms with E-state index in [0.717, 1.165) is 18.1 Å². The molecule has 1 amide bonds. The smallest absolute Gasteiger partial charge is 0.224 e. The van der Waals surface area contributed by atoms with Crippen molar-refractivity contribution in [3.05, 3.63) is 23.2 Å². The summed E-state index contributed by atoms with van der Waals surface area (Å²) >= 11 is 7.73. The summed E-state index contributed by atoms with van der Waals surface area (Å²) < 4.78 is 0. The van der Waals surface area contributed by atoms with Gasteiger partial charge in [-0.1, -0.05) is 25.4 Å². The maximum atomic E-state index is 11.8. The van der Waals surface area contributed by atoms with Crippen molar-refractivity contribution in [3.63, 3.8) is 0 Å². The van der Waals surface area contributed by atoms with Gasteiger partial charge in [0.2, 0.25) is 5.91 Å². The third kappa shape index (κ3) is 7.06. The number of carbonyl (C=O) groups excluding carboxylic acids is 1. The number of nitrogens with one attached hydrogen (secondary N) is 1. The third-order valence-corrected chi connectivity index (χ3v) is 4.16. The highest BCUT2D eigenvalue weighted by Gasteiger charge is 2.05. The molecule has 1 aromatic rings. The highest BCUT2D eigenvalue weighted by atomic mass is 35.5. The standard InChI is InChI=1S/C15H23ClN2OS/c1-11(2)7-9-20-8-3-4-15(19)18-14-6-5-12(16)10-13(14)17/h5-6,10-11H,3-4,7-9,17H2,1-2H3,(H,18,19). The molecule has 0 heterocycles. The second-order valence-electron chi connectivity index (χ2n) is 5.18. The lowest BCUT2D eigenvalue weighted by atomic mass is 10.2. The summed E-state index contributed by atoms with van der Waals surface area (Å²) in [6.45, 7) is 4.45. The number of hydrogen-bond donors (Lipinski definition) is 2. The number of nitrogens with two attached hydrogens (primary N) is 1. The number of benzene rings is 1. The van der Waals surface area contributed by atoms with E-state index >= 15 is 0 Å². The molecule has 0 fully saturated rings. The molecule has 0 aliphatic carbocycles. The lowest BCUT2D eigenvalue weighted by molar-refractivity contribution is -0.116. The topological polar surface area (TPSA) is 55.1 Å². The van der Waals surface area contributed by atoms with Crippen LogP contribution in [0, 0.1) is 5.92 Å². The van der Waals surface area contributed by atoms with E-state index in [0.29, 0.717) is 22.8 Å². The molecule has 0 saturated heterocycles. The lowest BCUT2D eigenvalue weighted by Crippen LogP contribution is -2.12. The first-order valence-electron chi connectivity index (χ1n) is 6.91. The lowest BCUT2D eigenvalue weighted by Gasteiger charge is -2.08. The summed E-state index contributed by atoms with van der Waals surface area (Å²) in [5, 5.41) is 3.39. The Morgan fingerprint density at radius 3 is 2.80 bits per heavy atom. The summed E-state index contributed by atoms with van der Waals surface area (Å²) in [4.78, 5) is 11.8. The molecule has 0 aromatic heterocycles. The second-order valence-corrected chi connectivity index (χ2v) is 6.84. The summed E-state index contributed by atoms with van der Waals surface area (Å²) in [6.07, 6.45) is 2.65. The number of anilines is 2. The fraction of sp³-hybridized carbons (Fsp3) is 0.533. The van der Waals surface area contributed by atoms with Crippen LogP contribution >= 0.6 is 23.4 Å². The predicted molar refractivity (Wildman–Crippen MR) is 90.5 cm³/mol. The molecule has 112 valence electrons. The van der Waals surface area contributed by atoms with Crippen molar-refractivity contribution < 1.29 is 4.79 Å². The van der Waals surface area contributed by atoms with Crippen molar-refractivity contribution in [2.24, 2.45) is 5.92 Å². The van der Waals surface area contributed by atoms with Crippen LogP contribution in [-0.2, 0) is 4.79 Å². The van der Waals surface area contributed by atoms with Gasteiger partial charge in [-0.05, 0) is 48.5 Å². The Morgan fingerprint density at radius 1 is 1.40 bits per heavy atom. The van der Waals surface area contributed by atoms with Gasteiger partial charge in [-0.3, -0.25) is 4.79 Å². The molecule has 0 saturated carbocycles. The Balaban J connectivity index is 2.20. The molecule has 0 atom stereocenters. The van der Waals surface area contributed by atoms with E-state index < -0.39 is 0 Å². The van der Waals surface area contributed by atoms with Crippen molar-refractivity contribution in [2.75, 3.05) is 22.6 Å². The molecule has 0 spiro atoms. The average Bonchev–Trinajstić information content (AvgIpc) is 2.36. The Hall–Kier alpha value is -0.870. The van der Waals surface area contributed by atoms with Crippen LogP contribution in [-0.4, -0.2) is 17.4 Å². The van der Waals surface area contributed by atoms with Crippen molar-refractivity contribution in [1.29, 1.82) is 0 Å².